The van der Waals surface area contributed by atoms with Crippen LogP contribution in [0.5, 0.6) is 0 Å². The summed E-state index contributed by atoms with van der Waals surface area (Å²) in [4.78, 5) is 95.4. The number of Topliss-reactive ketones (excluding diaryl/α,β-unsaturated/α-hetero) is 2. The summed E-state index contributed by atoms with van der Waals surface area (Å²) >= 11 is 0. The second-order valence-corrected chi connectivity index (χ2v) is 18.3. The van der Waals surface area contributed by atoms with E-state index in [-0.39, 0.29) is 103 Å². The summed E-state index contributed by atoms with van der Waals surface area (Å²) < 4.78 is 32.3. The molecule has 29 heteroatoms. The first-order chi connectivity index (χ1) is 34.6. The van der Waals surface area contributed by atoms with Gasteiger partial charge in [-0.05, 0) is 31.1 Å². The van der Waals surface area contributed by atoms with Gasteiger partial charge in [-0.2, -0.15) is 0 Å². The number of nitrogens with zero attached hydrogens (tertiary/aromatic N) is 1. The Morgan fingerprint density at radius 1 is 0.507 bits per heavy atom. The number of hydrogen-bond acceptors (Lipinski definition) is 26. The smallest absolute Gasteiger partial charge is 0.333 e. The highest BCUT2D eigenvalue weighted by atomic mass is 16.7. The van der Waals surface area contributed by atoms with Crippen molar-refractivity contribution in [1.29, 1.82) is 0 Å². The van der Waals surface area contributed by atoms with Gasteiger partial charge in [0.15, 0.2) is 18.9 Å². The number of rotatable bonds is 31. The molecule has 0 radical (unpaired) electrons. The van der Waals surface area contributed by atoms with Gasteiger partial charge in [-0.3, -0.25) is 28.8 Å². The van der Waals surface area contributed by atoms with E-state index < -0.39 is 172 Å². The number of imide groups is 1. The first-order valence-corrected chi connectivity index (χ1v) is 24.1. The van der Waals surface area contributed by atoms with Crippen LogP contribution in [0.4, 0.5) is 0 Å². The van der Waals surface area contributed by atoms with Crippen molar-refractivity contribution in [2.75, 3.05) is 52.7 Å². The molecule has 0 unspecified atom stereocenters. The normalized spacial score (nSPS) is 31.8. The number of aliphatic hydroxyl groups excluding tert-OH is 12. The second kappa shape index (κ2) is 30.0. The molecule has 0 spiro atoms. The van der Waals surface area contributed by atoms with E-state index in [4.69, 9.17) is 33.3 Å². The van der Waals surface area contributed by atoms with Gasteiger partial charge in [0.05, 0.1) is 46.1 Å². The number of ether oxygens (including phenoxy) is 6. The Kier molecular flexibility index (Phi) is 25.4. The fourth-order valence-corrected chi connectivity index (χ4v) is 8.47. The summed E-state index contributed by atoms with van der Waals surface area (Å²) in [5.74, 6) is -4.73. The highest BCUT2D eigenvalue weighted by Gasteiger charge is 2.46. The summed E-state index contributed by atoms with van der Waals surface area (Å²) in [5.41, 5.74) is -1.32. The minimum Gasteiger partial charge on any atom is -0.394 e. The Morgan fingerprint density at radius 3 is 1.32 bits per heavy atom. The Labute approximate surface area is 418 Å². The first-order valence-electron chi connectivity index (χ1n) is 24.1. The Bertz CT molecular complexity index is 1650. The Hall–Kier alpha value is -3.83. The fraction of sp³-hybridized carbons (Fsp3) is 0.841. The van der Waals surface area contributed by atoms with E-state index in [0.717, 1.165) is 0 Å². The monoisotopic (exact) mass is 1060 g/mol. The summed E-state index contributed by atoms with van der Waals surface area (Å²) in [5, 5.41) is 125. The lowest BCUT2D eigenvalue weighted by atomic mass is 9.70. The predicted molar refractivity (Wildman–Crippen MR) is 236 cm³/mol. The van der Waals surface area contributed by atoms with Crippen LogP contribution in [0, 0.1) is 5.41 Å². The van der Waals surface area contributed by atoms with Crippen LogP contribution in [-0.2, 0) is 66.8 Å². The summed E-state index contributed by atoms with van der Waals surface area (Å²) in [6.45, 7) is -3.27. The van der Waals surface area contributed by atoms with Crippen LogP contribution in [0.15, 0.2) is 0 Å². The molecule has 15 atom stereocenters. The molecular formula is C44H71N3O26. The van der Waals surface area contributed by atoms with Crippen LogP contribution in [-0.4, -0.2) is 252 Å². The molecule has 4 amide bonds. The minimum atomic E-state index is -1.71. The average Bonchev–Trinajstić information content (AvgIpc) is 3.69. The molecule has 4 aliphatic heterocycles. The quantitative estimate of drug-likeness (QED) is 0.0227. The lowest BCUT2D eigenvalue weighted by molar-refractivity contribution is -0.301. The molecule has 4 rings (SSSR count). The SMILES string of the molecule is O=C(CCCO[C@H]1O[C@H](CO)[C@@H](O)[C@H](O)[C@@H]1O)CCC(CCC(=O)NCCO[C@H]1O[C@H](CO)[C@@H](O)[C@H](O)[C@@H]1O)(CCC(=O)NCCO[C@H]1O[C@H](CO)[C@@H](O)[C@H](O)[C@@H]1O)CC(=O)CCC(=O)ON1C(=O)CCC1=O. The molecule has 4 fully saturated rings. The van der Waals surface area contributed by atoms with E-state index in [1.54, 1.807) is 0 Å². The van der Waals surface area contributed by atoms with Gasteiger partial charge in [0.25, 0.3) is 11.8 Å². The van der Waals surface area contributed by atoms with Crippen molar-refractivity contribution in [3.05, 3.63) is 0 Å². The molecule has 4 saturated heterocycles. The number of hydrogen-bond donors (Lipinski definition) is 14. The van der Waals surface area contributed by atoms with Crippen molar-refractivity contribution in [3.63, 3.8) is 0 Å². The molecule has 0 bridgehead atoms. The van der Waals surface area contributed by atoms with Gasteiger partial charge in [-0.15, -0.1) is 5.06 Å². The number of hydroxylamine groups is 2. The van der Waals surface area contributed by atoms with E-state index in [0.29, 0.717) is 5.06 Å². The molecule has 0 aromatic heterocycles. The van der Waals surface area contributed by atoms with Crippen LogP contribution in [0.3, 0.4) is 0 Å². The van der Waals surface area contributed by atoms with Crippen LogP contribution in [0.1, 0.15) is 83.5 Å². The number of carbonyl (C=O) groups is 7. The predicted octanol–water partition coefficient (Wildman–Crippen LogP) is -7.31. The van der Waals surface area contributed by atoms with Crippen LogP contribution in [0.2, 0.25) is 0 Å². The largest absolute Gasteiger partial charge is 0.394 e. The first kappa shape index (κ1) is 61.7. The third kappa shape index (κ3) is 18.2. The number of ketones is 2. The van der Waals surface area contributed by atoms with Crippen molar-refractivity contribution < 1.29 is 128 Å². The minimum absolute atomic E-state index is 0.0467. The van der Waals surface area contributed by atoms with Gasteiger partial charge >= 0.3 is 5.97 Å². The average molecular weight is 1060 g/mol. The molecule has 0 aliphatic carbocycles. The molecule has 29 nitrogen and oxygen atoms in total. The highest BCUT2D eigenvalue weighted by molar-refractivity contribution is 6.01. The molecule has 4 heterocycles. The van der Waals surface area contributed by atoms with Gasteiger partial charge in [-0.25, -0.2) is 4.79 Å². The van der Waals surface area contributed by atoms with Crippen molar-refractivity contribution in [1.82, 2.24) is 15.7 Å². The van der Waals surface area contributed by atoms with Gasteiger partial charge in [0, 0.05) is 64.5 Å². The topological polar surface area (TPSA) is 454 Å². The highest BCUT2D eigenvalue weighted by Crippen LogP contribution is 2.40. The molecule has 73 heavy (non-hydrogen) atoms. The molecule has 14 N–H and O–H groups in total. The van der Waals surface area contributed by atoms with Gasteiger partial charge in [-0.1, -0.05) is 0 Å². The van der Waals surface area contributed by atoms with Crippen molar-refractivity contribution in [2.24, 2.45) is 5.41 Å². The molecule has 0 aromatic rings. The van der Waals surface area contributed by atoms with Crippen molar-refractivity contribution in [2.45, 2.75) is 176 Å². The van der Waals surface area contributed by atoms with Gasteiger partial charge in [0.2, 0.25) is 11.8 Å². The van der Waals surface area contributed by atoms with E-state index >= 15 is 0 Å². The summed E-state index contributed by atoms with van der Waals surface area (Å²) in [6.07, 6.45) is -26.4. The van der Waals surface area contributed by atoms with Gasteiger partial charge in [0.1, 0.15) is 84.8 Å². The summed E-state index contributed by atoms with van der Waals surface area (Å²) in [6, 6.07) is 0. The maximum absolute atomic E-state index is 13.8. The van der Waals surface area contributed by atoms with E-state index in [9.17, 15) is 94.8 Å². The van der Waals surface area contributed by atoms with Crippen LogP contribution in [0.25, 0.3) is 0 Å². The third-order valence-electron chi connectivity index (χ3n) is 12.9. The van der Waals surface area contributed by atoms with Crippen LogP contribution < -0.4 is 10.6 Å². The van der Waals surface area contributed by atoms with E-state index in [2.05, 4.69) is 10.6 Å². The maximum Gasteiger partial charge on any atom is 0.333 e. The molecular weight excluding hydrogens is 986 g/mol. The Morgan fingerprint density at radius 2 is 0.904 bits per heavy atom. The van der Waals surface area contributed by atoms with Gasteiger partial charge < -0.3 is 105 Å². The molecule has 0 aromatic carbocycles. The molecule has 418 valence electrons. The van der Waals surface area contributed by atoms with E-state index in [1.807, 2.05) is 0 Å². The number of nitrogens with one attached hydrogen (secondary N) is 2. The maximum atomic E-state index is 13.8. The second-order valence-electron chi connectivity index (χ2n) is 18.3. The third-order valence-corrected chi connectivity index (χ3v) is 12.9. The van der Waals surface area contributed by atoms with Crippen LogP contribution >= 0.6 is 0 Å². The fourth-order valence-electron chi connectivity index (χ4n) is 8.47. The van der Waals surface area contributed by atoms with Crippen molar-refractivity contribution >= 4 is 41.2 Å². The lowest BCUT2D eigenvalue weighted by Gasteiger charge is -2.39. The van der Waals surface area contributed by atoms with Crippen molar-refractivity contribution in [3.8, 4) is 0 Å². The zero-order valence-electron chi connectivity index (χ0n) is 40.0. The number of carbonyl (C=O) groups excluding carboxylic acids is 7. The Balaban J connectivity index is 1.44. The van der Waals surface area contributed by atoms with E-state index in [1.165, 1.54) is 0 Å². The zero-order valence-corrected chi connectivity index (χ0v) is 40.0. The molecule has 0 saturated carbocycles. The lowest BCUT2D eigenvalue weighted by Crippen LogP contribution is -2.59. The number of aliphatic hydroxyl groups is 12. The standard InChI is InChI=1S/C44H71N3O26/c48-19-24-32(58)35(61)38(64)41(70-24)67-15-1-2-22(51)7-10-44(18-23(52)3-6-31(57)73-47-29(55)4-5-30(47)56,11-8-27(53)45-13-16-68-42-39(65)36(62)33(59)25(20-49)71-42)12-9-28(54)46-14-17-69-43-40(66)37(63)34(60)26(21-50)72-43/h24-26,32-43,48-50,58-66H,1-21H2,(H,45,53)(H,46,54)/t24-,25-,26-,32-,33-,34-,35+,36+,37+,38+,39+,40+,41+,42+,43+/m1/s1. The number of amides is 4. The zero-order chi connectivity index (χ0) is 54.0. The summed E-state index contributed by atoms with van der Waals surface area (Å²) in [7, 11) is 0. The molecule has 4 aliphatic rings.